The normalized spacial score (nSPS) is 12.0. The van der Waals surface area contributed by atoms with Crippen LogP contribution in [0.3, 0.4) is 0 Å². The Balaban J connectivity index is 2.77. The summed E-state index contributed by atoms with van der Waals surface area (Å²) in [7, 11) is 0. The molecule has 0 radical (unpaired) electrons. The van der Waals surface area contributed by atoms with Gasteiger partial charge < -0.3 is 10.2 Å². The van der Waals surface area contributed by atoms with Crippen molar-refractivity contribution >= 4 is 0 Å². The third-order valence-corrected chi connectivity index (χ3v) is 1.07. The van der Waals surface area contributed by atoms with E-state index in [1.807, 2.05) is 0 Å². The minimum absolute atomic E-state index is 0.0928. The van der Waals surface area contributed by atoms with Gasteiger partial charge >= 0.3 is 12.1 Å². The fourth-order valence-corrected chi connectivity index (χ4v) is 0.593. The molecule has 0 aliphatic carbocycles. The maximum absolute atomic E-state index is 11.8. The molecule has 0 aromatic carbocycles. The van der Waals surface area contributed by atoms with Gasteiger partial charge in [0.1, 0.15) is 0 Å². The molecule has 2 N–H and O–H groups in total. The van der Waals surface area contributed by atoms with E-state index in [2.05, 4.69) is 14.6 Å². The zero-order valence-corrected chi connectivity index (χ0v) is 5.93. The molecular weight excluding hydrogens is 175 g/mol. The highest BCUT2D eigenvalue weighted by Gasteiger charge is 2.37. The Labute approximate surface area is 65.6 Å². The van der Waals surface area contributed by atoms with Crippen molar-refractivity contribution in [3.05, 3.63) is 11.8 Å². The van der Waals surface area contributed by atoms with Crippen molar-refractivity contribution in [3.8, 4) is 0 Å². The molecule has 12 heavy (non-hydrogen) atoms. The highest BCUT2D eigenvalue weighted by molar-refractivity contribution is 4.86. The Kier molecular flexibility index (Phi) is 2.32. The second kappa shape index (κ2) is 3.10. The summed E-state index contributed by atoms with van der Waals surface area (Å²) in [5.74, 6) is -1.42. The molecule has 1 aromatic heterocycles. The average molecular weight is 181 g/mol. The van der Waals surface area contributed by atoms with Crippen LogP contribution in [0.15, 0.2) is 4.42 Å². The largest absolute Gasteiger partial charge is 0.470 e. The lowest BCUT2D eigenvalue weighted by molar-refractivity contribution is -0.157. The molecule has 0 saturated heterocycles. The van der Waals surface area contributed by atoms with Crippen LogP contribution < -0.4 is 5.73 Å². The fraction of sp³-hybridized carbons (Fsp3) is 0.600. The molecule has 4 nitrogen and oxygen atoms in total. The SMILES string of the molecule is NCCc1nnc(C(F)(F)F)o1. The van der Waals surface area contributed by atoms with E-state index in [1.165, 1.54) is 0 Å². The molecule has 1 rings (SSSR count). The van der Waals surface area contributed by atoms with Crippen LogP contribution in [0.1, 0.15) is 11.8 Å². The first-order valence-electron chi connectivity index (χ1n) is 3.13. The third kappa shape index (κ3) is 1.94. The standard InChI is InChI=1S/C5H6F3N3O/c6-5(7,8)4-11-10-3(12-4)1-2-9/h1-2,9H2. The van der Waals surface area contributed by atoms with E-state index < -0.39 is 12.1 Å². The molecule has 0 saturated carbocycles. The van der Waals surface area contributed by atoms with Crippen LogP contribution in [-0.2, 0) is 12.6 Å². The topological polar surface area (TPSA) is 64.9 Å². The van der Waals surface area contributed by atoms with E-state index in [1.54, 1.807) is 0 Å². The Morgan fingerprint density at radius 3 is 2.42 bits per heavy atom. The fourth-order valence-electron chi connectivity index (χ4n) is 0.593. The van der Waals surface area contributed by atoms with Crippen molar-refractivity contribution in [2.45, 2.75) is 12.6 Å². The number of nitrogens with zero attached hydrogens (tertiary/aromatic N) is 2. The lowest BCUT2D eigenvalue weighted by Gasteiger charge is -1.96. The molecule has 0 fully saturated rings. The number of aromatic nitrogens is 2. The van der Waals surface area contributed by atoms with Crippen LogP contribution in [0.25, 0.3) is 0 Å². The summed E-state index contributed by atoms with van der Waals surface area (Å²) in [6, 6.07) is 0. The highest BCUT2D eigenvalue weighted by Crippen LogP contribution is 2.27. The maximum Gasteiger partial charge on any atom is 0.470 e. The lowest BCUT2D eigenvalue weighted by Crippen LogP contribution is -2.05. The van der Waals surface area contributed by atoms with Gasteiger partial charge in [0, 0.05) is 13.0 Å². The third-order valence-electron chi connectivity index (χ3n) is 1.07. The van der Waals surface area contributed by atoms with Crippen molar-refractivity contribution in [2.24, 2.45) is 5.73 Å². The maximum atomic E-state index is 11.8. The number of rotatable bonds is 2. The number of hydrogen-bond donors (Lipinski definition) is 1. The molecule has 0 aliphatic heterocycles. The summed E-state index contributed by atoms with van der Waals surface area (Å²) >= 11 is 0. The van der Waals surface area contributed by atoms with Crippen LogP contribution in [-0.4, -0.2) is 16.7 Å². The predicted octanol–water partition coefficient (Wildman–Crippen LogP) is 0.590. The van der Waals surface area contributed by atoms with Crippen LogP contribution >= 0.6 is 0 Å². The smallest absolute Gasteiger partial charge is 0.417 e. The molecular formula is C5H6F3N3O. The number of nitrogens with two attached hydrogens (primary N) is 1. The quantitative estimate of drug-likeness (QED) is 0.725. The van der Waals surface area contributed by atoms with E-state index in [9.17, 15) is 13.2 Å². The monoisotopic (exact) mass is 181 g/mol. The lowest BCUT2D eigenvalue weighted by atomic mass is 10.4. The minimum atomic E-state index is -4.57. The van der Waals surface area contributed by atoms with Gasteiger partial charge in [-0.05, 0) is 0 Å². The van der Waals surface area contributed by atoms with Gasteiger partial charge in [-0.2, -0.15) is 13.2 Å². The van der Waals surface area contributed by atoms with Gasteiger partial charge in [-0.25, -0.2) is 0 Å². The molecule has 0 atom stereocenters. The van der Waals surface area contributed by atoms with E-state index in [0.29, 0.717) is 0 Å². The summed E-state index contributed by atoms with van der Waals surface area (Å²) in [5.41, 5.74) is 5.07. The molecule has 7 heteroatoms. The van der Waals surface area contributed by atoms with Gasteiger partial charge in [0.25, 0.3) is 0 Å². The summed E-state index contributed by atoms with van der Waals surface area (Å²) < 4.78 is 39.7. The van der Waals surface area contributed by atoms with Crippen LogP contribution in [0.2, 0.25) is 0 Å². The first-order chi connectivity index (χ1) is 5.54. The summed E-state index contributed by atoms with van der Waals surface area (Å²) in [5, 5.41) is 5.96. The minimum Gasteiger partial charge on any atom is -0.417 e. The van der Waals surface area contributed by atoms with Gasteiger partial charge in [-0.1, -0.05) is 0 Å². The van der Waals surface area contributed by atoms with Crippen LogP contribution in [0, 0.1) is 0 Å². The van der Waals surface area contributed by atoms with E-state index >= 15 is 0 Å². The number of halogens is 3. The first-order valence-corrected chi connectivity index (χ1v) is 3.13. The van der Waals surface area contributed by atoms with E-state index in [4.69, 9.17) is 5.73 Å². The van der Waals surface area contributed by atoms with Crippen molar-refractivity contribution in [3.63, 3.8) is 0 Å². The predicted molar refractivity (Wildman–Crippen MR) is 32.1 cm³/mol. The second-order valence-corrected chi connectivity index (χ2v) is 2.04. The highest BCUT2D eigenvalue weighted by atomic mass is 19.4. The second-order valence-electron chi connectivity index (χ2n) is 2.04. The van der Waals surface area contributed by atoms with Crippen LogP contribution in [0.4, 0.5) is 13.2 Å². The van der Waals surface area contributed by atoms with Crippen molar-refractivity contribution in [2.75, 3.05) is 6.54 Å². The zero-order chi connectivity index (χ0) is 9.19. The van der Waals surface area contributed by atoms with Crippen molar-refractivity contribution < 1.29 is 17.6 Å². The summed E-state index contributed by atoms with van der Waals surface area (Å²) in [6.45, 7) is 0.180. The molecule has 0 bridgehead atoms. The Morgan fingerprint density at radius 2 is 2.00 bits per heavy atom. The average Bonchev–Trinajstić information content (AvgIpc) is 2.35. The Hall–Kier alpha value is -1.11. The Bertz CT molecular complexity index is 257. The van der Waals surface area contributed by atoms with Gasteiger partial charge in [0.05, 0.1) is 0 Å². The number of alkyl halides is 3. The van der Waals surface area contributed by atoms with E-state index in [-0.39, 0.29) is 18.9 Å². The number of hydrogen-bond acceptors (Lipinski definition) is 4. The van der Waals surface area contributed by atoms with Gasteiger partial charge in [0.2, 0.25) is 5.89 Å². The van der Waals surface area contributed by atoms with Gasteiger partial charge in [-0.3, -0.25) is 0 Å². The van der Waals surface area contributed by atoms with E-state index in [0.717, 1.165) is 0 Å². The van der Waals surface area contributed by atoms with Gasteiger partial charge in [0.15, 0.2) is 0 Å². The summed E-state index contributed by atoms with van der Waals surface area (Å²) in [4.78, 5) is 0. The summed E-state index contributed by atoms with van der Waals surface area (Å²) in [6.07, 6.45) is -4.41. The van der Waals surface area contributed by atoms with Crippen molar-refractivity contribution in [1.29, 1.82) is 0 Å². The first kappa shape index (κ1) is 8.98. The molecule has 0 spiro atoms. The molecule has 0 amide bonds. The molecule has 0 unspecified atom stereocenters. The molecule has 68 valence electrons. The Morgan fingerprint density at radius 1 is 1.33 bits per heavy atom. The molecule has 1 aromatic rings. The molecule has 0 aliphatic rings. The molecule has 1 heterocycles. The van der Waals surface area contributed by atoms with Gasteiger partial charge in [-0.15, -0.1) is 10.2 Å². The van der Waals surface area contributed by atoms with Crippen molar-refractivity contribution in [1.82, 2.24) is 10.2 Å². The van der Waals surface area contributed by atoms with Crippen LogP contribution in [0.5, 0.6) is 0 Å². The zero-order valence-electron chi connectivity index (χ0n) is 5.93.